The van der Waals surface area contributed by atoms with Crippen LogP contribution in [0.1, 0.15) is 14.0 Å². The first-order chi connectivity index (χ1) is 7.49. The molecule has 5 heteroatoms. The van der Waals surface area contributed by atoms with Crippen molar-refractivity contribution < 1.29 is 12.3 Å². The molecule has 0 bridgehead atoms. The number of hydrogen-bond donors (Lipinski definition) is 0. The highest BCUT2D eigenvalue weighted by Gasteiger charge is 2.16. The standard InChI is InChI=1S/C9H9ClN2O2/c1-5(9(13)14-3)7-6(2)11-4-12-8(7)10/h4H,1H2,2-3H3/i1D2. The second kappa shape index (κ2) is 4.19. The highest BCUT2D eigenvalue weighted by Crippen LogP contribution is 2.23. The van der Waals surface area contributed by atoms with Crippen molar-refractivity contribution in [1.29, 1.82) is 0 Å². The number of halogens is 1. The third-order valence-electron chi connectivity index (χ3n) is 1.63. The molecular weight excluding hydrogens is 204 g/mol. The van der Waals surface area contributed by atoms with Crippen molar-refractivity contribution in [2.75, 3.05) is 7.11 Å². The van der Waals surface area contributed by atoms with E-state index in [0.717, 1.165) is 7.11 Å². The lowest BCUT2D eigenvalue weighted by Crippen LogP contribution is -2.06. The average molecular weight is 215 g/mol. The van der Waals surface area contributed by atoms with Gasteiger partial charge in [0.2, 0.25) is 0 Å². The molecule has 0 unspecified atom stereocenters. The van der Waals surface area contributed by atoms with Gasteiger partial charge in [0, 0.05) is 5.56 Å². The number of methoxy groups -OCH3 is 1. The maximum Gasteiger partial charge on any atom is 0.338 e. The molecule has 0 N–H and O–H groups in total. The molecular formula is C9H9ClN2O2. The Morgan fingerprint density at radius 2 is 2.43 bits per heavy atom. The first kappa shape index (κ1) is 7.94. The molecule has 0 aromatic carbocycles. The van der Waals surface area contributed by atoms with E-state index < -0.39 is 12.5 Å². The topological polar surface area (TPSA) is 52.1 Å². The van der Waals surface area contributed by atoms with Crippen molar-refractivity contribution in [2.24, 2.45) is 0 Å². The van der Waals surface area contributed by atoms with Gasteiger partial charge >= 0.3 is 5.97 Å². The van der Waals surface area contributed by atoms with E-state index in [0.29, 0.717) is 5.69 Å². The van der Waals surface area contributed by atoms with Gasteiger partial charge in [-0.05, 0) is 6.92 Å². The summed E-state index contributed by atoms with van der Waals surface area (Å²) in [4.78, 5) is 19.0. The number of ether oxygens (including phenoxy) is 1. The molecule has 0 aliphatic carbocycles. The van der Waals surface area contributed by atoms with Gasteiger partial charge in [-0.2, -0.15) is 0 Å². The van der Waals surface area contributed by atoms with Gasteiger partial charge in [0.05, 0.1) is 21.1 Å². The molecule has 14 heavy (non-hydrogen) atoms. The Morgan fingerprint density at radius 1 is 1.71 bits per heavy atom. The van der Waals surface area contributed by atoms with Crippen LogP contribution >= 0.6 is 11.6 Å². The molecule has 1 aromatic heterocycles. The van der Waals surface area contributed by atoms with Gasteiger partial charge in [-0.15, -0.1) is 0 Å². The van der Waals surface area contributed by atoms with E-state index in [1.165, 1.54) is 6.33 Å². The first-order valence-electron chi connectivity index (χ1n) is 4.72. The van der Waals surface area contributed by atoms with Gasteiger partial charge < -0.3 is 4.74 Å². The minimum absolute atomic E-state index is 0.0184. The van der Waals surface area contributed by atoms with Crippen LogP contribution in [0.4, 0.5) is 0 Å². The normalized spacial score (nSPS) is 11.4. The third kappa shape index (κ3) is 1.90. The molecule has 0 spiro atoms. The minimum atomic E-state index is -0.806. The number of esters is 1. The van der Waals surface area contributed by atoms with Crippen LogP contribution in [0.5, 0.6) is 0 Å². The predicted molar refractivity (Wildman–Crippen MR) is 52.8 cm³/mol. The number of rotatable bonds is 2. The summed E-state index contributed by atoms with van der Waals surface area (Å²) in [6.45, 7) is 0.918. The van der Waals surface area contributed by atoms with Crippen LogP contribution < -0.4 is 0 Å². The van der Waals surface area contributed by atoms with Crippen LogP contribution in [0.3, 0.4) is 0 Å². The number of aryl methyl sites for hydroxylation is 1. The van der Waals surface area contributed by atoms with Gasteiger partial charge in [-0.3, -0.25) is 0 Å². The smallest absolute Gasteiger partial charge is 0.338 e. The first-order valence-corrected chi connectivity index (χ1v) is 4.10. The molecule has 74 valence electrons. The molecule has 1 heterocycles. The number of aromatic nitrogens is 2. The van der Waals surface area contributed by atoms with Gasteiger partial charge in [-0.25, -0.2) is 14.8 Å². The van der Waals surface area contributed by atoms with E-state index >= 15 is 0 Å². The van der Waals surface area contributed by atoms with Crippen molar-refractivity contribution in [3.05, 3.63) is 29.3 Å². The molecule has 1 aromatic rings. The summed E-state index contributed by atoms with van der Waals surface area (Å²) >= 11 is 5.81. The van der Waals surface area contributed by atoms with Crippen molar-refractivity contribution >= 4 is 23.1 Å². The summed E-state index contributed by atoms with van der Waals surface area (Å²) in [6.07, 6.45) is 1.24. The summed E-state index contributed by atoms with van der Waals surface area (Å²) in [7, 11) is 1.16. The van der Waals surface area contributed by atoms with Gasteiger partial charge in [-0.1, -0.05) is 18.1 Å². The van der Waals surface area contributed by atoms with E-state index in [-0.39, 0.29) is 16.3 Å². The zero-order chi connectivity index (χ0) is 12.3. The second-order valence-electron chi connectivity index (χ2n) is 2.49. The number of carbonyl (C=O) groups is 1. The lowest BCUT2D eigenvalue weighted by molar-refractivity contribution is -0.133. The third-order valence-corrected chi connectivity index (χ3v) is 1.92. The minimum Gasteiger partial charge on any atom is -0.465 e. The summed E-state index contributed by atoms with van der Waals surface area (Å²) in [5.74, 6) is -0.806. The van der Waals surface area contributed by atoms with E-state index in [1.807, 2.05) is 0 Å². The van der Waals surface area contributed by atoms with Crippen molar-refractivity contribution in [3.63, 3.8) is 0 Å². The zero-order valence-corrected chi connectivity index (χ0v) is 8.42. The molecule has 4 nitrogen and oxygen atoms in total. The molecule has 0 saturated heterocycles. The maximum absolute atomic E-state index is 11.4. The van der Waals surface area contributed by atoms with Crippen LogP contribution in [-0.2, 0) is 9.53 Å². The van der Waals surface area contributed by atoms with Crippen molar-refractivity contribution in [1.82, 2.24) is 9.97 Å². The van der Waals surface area contributed by atoms with Crippen molar-refractivity contribution in [3.8, 4) is 0 Å². The van der Waals surface area contributed by atoms with Crippen molar-refractivity contribution in [2.45, 2.75) is 6.92 Å². The van der Waals surface area contributed by atoms with Gasteiger partial charge in [0.25, 0.3) is 0 Å². The number of hydrogen-bond acceptors (Lipinski definition) is 4. The number of carbonyl (C=O) groups excluding carboxylic acids is 1. The number of nitrogens with zero attached hydrogens (tertiary/aromatic N) is 2. The molecule has 0 aliphatic rings. The largest absolute Gasteiger partial charge is 0.465 e. The van der Waals surface area contributed by atoms with E-state index in [1.54, 1.807) is 6.92 Å². The molecule has 0 radical (unpaired) electrons. The van der Waals surface area contributed by atoms with E-state index in [2.05, 4.69) is 14.7 Å². The Labute approximate surface area is 89.4 Å². The van der Waals surface area contributed by atoms with E-state index in [9.17, 15) is 4.79 Å². The summed E-state index contributed by atoms with van der Waals surface area (Å²) in [5.41, 5.74) is 0.332. The molecule has 0 atom stereocenters. The van der Waals surface area contributed by atoms with Crippen LogP contribution in [0.15, 0.2) is 12.9 Å². The van der Waals surface area contributed by atoms with Crippen LogP contribution in [0, 0.1) is 6.92 Å². The fourth-order valence-corrected chi connectivity index (χ4v) is 1.21. The Bertz CT molecular complexity index is 439. The van der Waals surface area contributed by atoms with Gasteiger partial charge in [0.1, 0.15) is 11.5 Å². The summed E-state index contributed by atoms with van der Waals surface area (Å²) < 4.78 is 18.9. The zero-order valence-electron chi connectivity index (χ0n) is 9.67. The Balaban J connectivity index is 3.46. The highest BCUT2D eigenvalue weighted by atomic mass is 35.5. The Hall–Kier alpha value is -1.42. The average Bonchev–Trinajstić information content (AvgIpc) is 2.22. The lowest BCUT2D eigenvalue weighted by Gasteiger charge is -2.07. The maximum atomic E-state index is 11.4. The second-order valence-corrected chi connectivity index (χ2v) is 2.85. The lowest BCUT2D eigenvalue weighted by atomic mass is 10.1. The molecule has 0 amide bonds. The molecule has 0 aliphatic heterocycles. The molecule has 0 saturated carbocycles. The Morgan fingerprint density at radius 3 is 2.93 bits per heavy atom. The quantitative estimate of drug-likeness (QED) is 0.427. The fourth-order valence-electron chi connectivity index (χ4n) is 0.933. The monoisotopic (exact) mass is 214 g/mol. The molecule has 1 rings (SSSR count). The Kier molecular flexibility index (Phi) is 2.38. The summed E-state index contributed by atoms with van der Waals surface area (Å²) in [6, 6.07) is 0. The highest BCUT2D eigenvalue weighted by molar-refractivity contribution is 6.33. The molecule has 0 fully saturated rings. The van der Waals surface area contributed by atoms with Crippen LogP contribution in [0.25, 0.3) is 5.57 Å². The van der Waals surface area contributed by atoms with Crippen LogP contribution in [-0.4, -0.2) is 23.0 Å². The van der Waals surface area contributed by atoms with Gasteiger partial charge in [0.15, 0.2) is 0 Å². The SMILES string of the molecule is [2H]C([2H])=C(C(=O)OC)c1c(C)ncnc1Cl. The summed E-state index contributed by atoms with van der Waals surface area (Å²) in [5, 5.41) is 0.0184. The predicted octanol–water partition coefficient (Wildman–Crippen LogP) is 1.62. The van der Waals surface area contributed by atoms with Crippen LogP contribution in [0.2, 0.25) is 5.15 Å². The fraction of sp³-hybridized carbons (Fsp3) is 0.222. The van der Waals surface area contributed by atoms with E-state index in [4.69, 9.17) is 14.3 Å².